The van der Waals surface area contributed by atoms with Gasteiger partial charge in [-0.25, -0.2) is 14.5 Å². The number of carbonyl (C=O) groups is 4. The largest absolute Gasteiger partial charge is 0.508 e. The summed E-state index contributed by atoms with van der Waals surface area (Å²) in [4.78, 5) is 49.7. The number of benzene rings is 2. The van der Waals surface area contributed by atoms with E-state index in [2.05, 4.69) is 5.32 Å². The summed E-state index contributed by atoms with van der Waals surface area (Å²) in [5, 5.41) is 21.2. The van der Waals surface area contributed by atoms with Gasteiger partial charge in [-0.2, -0.15) is 0 Å². The Labute approximate surface area is 178 Å². The van der Waals surface area contributed by atoms with Gasteiger partial charge in [0.2, 0.25) is 11.8 Å². The number of aromatic hydroxyl groups is 1. The van der Waals surface area contributed by atoms with Crippen molar-refractivity contribution >= 4 is 23.9 Å². The fraction of sp³-hybridized carbons (Fsp3) is 0.273. The van der Waals surface area contributed by atoms with Gasteiger partial charge in [-0.15, -0.1) is 0 Å². The van der Waals surface area contributed by atoms with E-state index in [0.29, 0.717) is 5.56 Å². The predicted octanol–water partition coefficient (Wildman–Crippen LogP) is 1.83. The molecule has 1 fully saturated rings. The quantitative estimate of drug-likeness (QED) is 0.615. The first-order valence-electron chi connectivity index (χ1n) is 9.69. The number of carboxylic acids is 1. The summed E-state index contributed by atoms with van der Waals surface area (Å²) < 4.78 is 5.17. The summed E-state index contributed by atoms with van der Waals surface area (Å²) in [7, 11) is 0. The van der Waals surface area contributed by atoms with Crippen LogP contribution in [-0.2, 0) is 32.1 Å². The Hall–Kier alpha value is -3.88. The highest BCUT2D eigenvalue weighted by molar-refractivity contribution is 6.01. The molecule has 9 nitrogen and oxygen atoms in total. The lowest BCUT2D eigenvalue weighted by atomic mass is 10.0. The minimum Gasteiger partial charge on any atom is -0.508 e. The van der Waals surface area contributed by atoms with Crippen molar-refractivity contribution in [3.8, 4) is 5.75 Å². The van der Waals surface area contributed by atoms with E-state index in [4.69, 9.17) is 4.74 Å². The number of nitrogens with one attached hydrogen (secondary N) is 1. The summed E-state index contributed by atoms with van der Waals surface area (Å²) >= 11 is 0. The van der Waals surface area contributed by atoms with Crippen LogP contribution in [0.1, 0.15) is 24.0 Å². The molecule has 2 aromatic carbocycles. The first-order valence-corrected chi connectivity index (χ1v) is 9.69. The van der Waals surface area contributed by atoms with Crippen LogP contribution in [-0.4, -0.2) is 51.1 Å². The maximum atomic E-state index is 12.7. The van der Waals surface area contributed by atoms with Crippen molar-refractivity contribution < 1.29 is 34.1 Å². The maximum Gasteiger partial charge on any atom is 0.417 e. The predicted molar refractivity (Wildman–Crippen MR) is 108 cm³/mol. The molecule has 31 heavy (non-hydrogen) atoms. The number of ether oxygens (including phenoxy) is 1. The molecule has 2 atom stereocenters. The molecule has 3 N–H and O–H groups in total. The molecular weight excluding hydrogens is 404 g/mol. The number of hydrogen-bond acceptors (Lipinski definition) is 6. The van der Waals surface area contributed by atoms with E-state index in [1.807, 2.05) is 6.07 Å². The van der Waals surface area contributed by atoms with Gasteiger partial charge in [0, 0.05) is 12.8 Å². The molecule has 0 radical (unpaired) electrons. The molecule has 9 heteroatoms. The molecular formula is C22H22N2O7. The fourth-order valence-corrected chi connectivity index (χ4v) is 3.29. The van der Waals surface area contributed by atoms with Crippen molar-refractivity contribution in [2.45, 2.75) is 38.0 Å². The third-order valence-corrected chi connectivity index (χ3v) is 4.91. The zero-order valence-electron chi connectivity index (χ0n) is 16.6. The molecule has 2 aromatic rings. The molecule has 3 rings (SSSR count). The second kappa shape index (κ2) is 9.75. The average molecular weight is 426 g/mol. The van der Waals surface area contributed by atoms with Gasteiger partial charge in [0.25, 0.3) is 0 Å². The number of aliphatic carboxylic acids is 1. The van der Waals surface area contributed by atoms with Crippen LogP contribution in [0.25, 0.3) is 0 Å². The maximum absolute atomic E-state index is 12.7. The molecule has 0 aliphatic carbocycles. The van der Waals surface area contributed by atoms with E-state index in [9.17, 15) is 29.4 Å². The number of phenols is 1. The van der Waals surface area contributed by atoms with Crippen molar-refractivity contribution in [3.63, 3.8) is 0 Å². The van der Waals surface area contributed by atoms with Crippen LogP contribution in [0.5, 0.6) is 5.75 Å². The topological polar surface area (TPSA) is 133 Å². The molecule has 1 saturated heterocycles. The molecule has 1 aliphatic heterocycles. The first kappa shape index (κ1) is 21.8. The second-order valence-electron chi connectivity index (χ2n) is 7.13. The van der Waals surface area contributed by atoms with Crippen molar-refractivity contribution in [2.24, 2.45) is 0 Å². The van der Waals surface area contributed by atoms with Crippen LogP contribution in [0.3, 0.4) is 0 Å². The van der Waals surface area contributed by atoms with E-state index >= 15 is 0 Å². The zero-order chi connectivity index (χ0) is 22.4. The van der Waals surface area contributed by atoms with Gasteiger partial charge in [-0.1, -0.05) is 42.5 Å². The van der Waals surface area contributed by atoms with E-state index < -0.39 is 36.0 Å². The van der Waals surface area contributed by atoms with E-state index in [1.54, 1.807) is 36.4 Å². The lowest BCUT2D eigenvalue weighted by Gasteiger charge is -2.23. The Kier molecular flexibility index (Phi) is 6.86. The number of nitrogens with zero attached hydrogens (tertiary/aromatic N) is 1. The Bertz CT molecular complexity index is 960. The molecule has 0 aromatic heterocycles. The van der Waals surface area contributed by atoms with Crippen LogP contribution < -0.4 is 5.32 Å². The third kappa shape index (κ3) is 5.59. The van der Waals surface area contributed by atoms with E-state index in [-0.39, 0.29) is 31.6 Å². The number of hydrogen-bond donors (Lipinski definition) is 3. The molecule has 0 bridgehead atoms. The SMILES string of the molecule is O=C(O)C(Cc1ccc(O)cc1)NC(=O)C1CCC(=O)N1C(=O)OCc1ccccc1. The lowest BCUT2D eigenvalue weighted by Crippen LogP contribution is -2.52. The zero-order valence-corrected chi connectivity index (χ0v) is 16.6. The van der Waals surface area contributed by atoms with Crippen LogP contribution in [0, 0.1) is 0 Å². The van der Waals surface area contributed by atoms with E-state index in [0.717, 1.165) is 10.5 Å². The lowest BCUT2D eigenvalue weighted by molar-refractivity contribution is -0.142. The van der Waals surface area contributed by atoms with Crippen LogP contribution in [0.2, 0.25) is 0 Å². The van der Waals surface area contributed by atoms with E-state index in [1.165, 1.54) is 12.1 Å². The Balaban J connectivity index is 1.64. The van der Waals surface area contributed by atoms with Crippen LogP contribution >= 0.6 is 0 Å². The normalized spacial score (nSPS) is 16.6. The Morgan fingerprint density at radius 1 is 1.06 bits per heavy atom. The molecule has 2 unspecified atom stereocenters. The number of amides is 3. The summed E-state index contributed by atoms with van der Waals surface area (Å²) in [5.41, 5.74) is 1.32. The summed E-state index contributed by atoms with van der Waals surface area (Å²) in [5.74, 6) is -2.52. The molecule has 1 aliphatic rings. The second-order valence-corrected chi connectivity index (χ2v) is 7.13. The highest BCUT2D eigenvalue weighted by Crippen LogP contribution is 2.21. The van der Waals surface area contributed by atoms with Gasteiger partial charge in [0.1, 0.15) is 24.4 Å². The van der Waals surface area contributed by atoms with Crippen LogP contribution in [0.15, 0.2) is 54.6 Å². The monoisotopic (exact) mass is 426 g/mol. The number of imide groups is 1. The smallest absolute Gasteiger partial charge is 0.417 e. The van der Waals surface area contributed by atoms with Gasteiger partial charge in [0.15, 0.2) is 0 Å². The molecule has 0 spiro atoms. The highest BCUT2D eigenvalue weighted by Gasteiger charge is 2.42. The number of likely N-dealkylation sites (tertiary alicyclic amines) is 1. The molecule has 0 saturated carbocycles. The van der Waals surface area contributed by atoms with Gasteiger partial charge < -0.3 is 20.3 Å². The van der Waals surface area contributed by atoms with Gasteiger partial charge in [-0.3, -0.25) is 9.59 Å². The summed E-state index contributed by atoms with van der Waals surface area (Å²) in [6, 6.07) is 12.4. The fourth-order valence-electron chi connectivity index (χ4n) is 3.29. The molecule has 1 heterocycles. The van der Waals surface area contributed by atoms with Gasteiger partial charge >= 0.3 is 12.1 Å². The van der Waals surface area contributed by atoms with Crippen molar-refractivity contribution in [2.75, 3.05) is 0 Å². The minimum absolute atomic E-state index is 0.0196. The number of carbonyl (C=O) groups excluding carboxylic acids is 3. The number of rotatable bonds is 7. The van der Waals surface area contributed by atoms with Crippen molar-refractivity contribution in [1.29, 1.82) is 0 Å². The van der Waals surface area contributed by atoms with Gasteiger partial charge in [0.05, 0.1) is 0 Å². The molecule has 3 amide bonds. The highest BCUT2D eigenvalue weighted by atomic mass is 16.6. The number of phenolic OH excluding ortho intramolecular Hbond substituents is 1. The first-order chi connectivity index (χ1) is 14.8. The van der Waals surface area contributed by atoms with Crippen molar-refractivity contribution in [1.82, 2.24) is 10.2 Å². The summed E-state index contributed by atoms with van der Waals surface area (Å²) in [6.45, 7) is -0.0591. The van der Waals surface area contributed by atoms with Crippen LogP contribution in [0.4, 0.5) is 4.79 Å². The van der Waals surface area contributed by atoms with Gasteiger partial charge in [-0.05, 0) is 29.7 Å². The average Bonchev–Trinajstić information content (AvgIpc) is 3.15. The Morgan fingerprint density at radius 2 is 1.74 bits per heavy atom. The Morgan fingerprint density at radius 3 is 2.39 bits per heavy atom. The minimum atomic E-state index is -1.27. The molecule has 162 valence electrons. The number of carboxylic acid groups (broad SMARTS) is 1. The summed E-state index contributed by atoms with van der Waals surface area (Å²) in [6.07, 6.45) is -0.914. The van der Waals surface area contributed by atoms with Crippen molar-refractivity contribution in [3.05, 3.63) is 65.7 Å². The third-order valence-electron chi connectivity index (χ3n) is 4.91. The standard InChI is InChI=1S/C22H22N2O7/c25-16-8-6-14(7-9-16)12-17(21(28)29)23-20(27)18-10-11-19(26)24(18)22(30)31-13-15-4-2-1-3-5-15/h1-9,17-18,25H,10-13H2,(H,23,27)(H,28,29).